The summed E-state index contributed by atoms with van der Waals surface area (Å²) in [5, 5.41) is 25.4. The number of ether oxygens (including phenoxy) is 10. The predicted molar refractivity (Wildman–Crippen MR) is 193 cm³/mol. The number of hydrogen-bond acceptors (Lipinski definition) is 14. The van der Waals surface area contributed by atoms with Crippen molar-refractivity contribution in [3.63, 3.8) is 0 Å². The molecule has 0 spiro atoms. The number of carbonyl (C=O) groups excluding carboxylic acids is 1. The van der Waals surface area contributed by atoms with Gasteiger partial charge in [0.25, 0.3) is 6.29 Å². The number of aliphatic hydroxyl groups is 2. The number of carbonyl (C=O) groups is 1. The first-order valence-electron chi connectivity index (χ1n) is 17.8. The molecule has 4 aliphatic rings. The maximum absolute atomic E-state index is 13.6. The average molecular weight is 758 g/mol. The first kappa shape index (κ1) is 37.0. The third-order valence-corrected chi connectivity index (χ3v) is 11.0. The average Bonchev–Trinajstić information content (AvgIpc) is 3.87. The van der Waals surface area contributed by atoms with Crippen molar-refractivity contribution in [3.8, 4) is 23.0 Å². The van der Waals surface area contributed by atoms with Gasteiger partial charge < -0.3 is 63.3 Å². The fourth-order valence-electron chi connectivity index (χ4n) is 8.43. The second kappa shape index (κ2) is 14.6. The van der Waals surface area contributed by atoms with Gasteiger partial charge in [0.1, 0.15) is 41.3 Å². The summed E-state index contributed by atoms with van der Waals surface area (Å²) in [6.07, 6.45) is -5.40. The van der Waals surface area contributed by atoms with Crippen molar-refractivity contribution in [1.29, 1.82) is 0 Å². The molecule has 2 saturated heterocycles. The second-order valence-corrected chi connectivity index (χ2v) is 13.8. The van der Waals surface area contributed by atoms with Crippen LogP contribution >= 0.6 is 0 Å². The minimum atomic E-state index is -2.24. The van der Waals surface area contributed by atoms with Crippen LogP contribution in [-0.4, -0.2) is 88.7 Å². The molecule has 0 radical (unpaired) electrons. The molecule has 4 aromatic carbocycles. The van der Waals surface area contributed by atoms with Gasteiger partial charge in [-0.3, -0.25) is 4.79 Å². The Kier molecular flexibility index (Phi) is 9.84. The molecule has 0 aromatic heterocycles. The Morgan fingerprint density at radius 3 is 2.18 bits per heavy atom. The van der Waals surface area contributed by atoms with Gasteiger partial charge >= 0.3 is 5.97 Å². The van der Waals surface area contributed by atoms with Crippen LogP contribution in [0.25, 0.3) is 0 Å². The van der Waals surface area contributed by atoms with E-state index >= 15 is 0 Å². The van der Waals surface area contributed by atoms with E-state index in [1.165, 1.54) is 21.3 Å². The molecule has 10 atom stereocenters. The molecule has 55 heavy (non-hydrogen) atoms. The Morgan fingerprint density at radius 2 is 1.51 bits per heavy atom. The number of esters is 1. The zero-order valence-electron chi connectivity index (χ0n) is 30.7. The van der Waals surface area contributed by atoms with Crippen LogP contribution in [0.5, 0.6) is 23.0 Å². The van der Waals surface area contributed by atoms with Crippen molar-refractivity contribution in [3.05, 3.63) is 113 Å². The molecule has 0 amide bonds. The zero-order chi connectivity index (χ0) is 38.5. The van der Waals surface area contributed by atoms with Gasteiger partial charge in [-0.05, 0) is 35.4 Å². The van der Waals surface area contributed by atoms with E-state index in [2.05, 4.69) is 0 Å². The molecule has 14 heteroatoms. The topological polar surface area (TPSA) is 176 Å². The molecule has 3 heterocycles. The molecule has 3 aliphatic heterocycles. The SMILES string of the molecule is COC(=O)[C@H]1[C@@H](O)[C@@]2(O)c3c(OC)cc(O[C@@H]4O[C@@H]([C@H]5COC(c6ccc(N)cc6)O5)CO[C@H]4OC)cc3O[C@@]2(c2ccc(OC)cc2)[C@@H]1c1ccccc1. The molecule has 1 aliphatic carbocycles. The molecule has 8 rings (SSSR count). The summed E-state index contributed by atoms with van der Waals surface area (Å²) in [4.78, 5) is 13.6. The third kappa shape index (κ3) is 5.96. The van der Waals surface area contributed by atoms with Gasteiger partial charge in [0.15, 0.2) is 17.5 Å². The lowest BCUT2D eigenvalue weighted by Gasteiger charge is -2.40. The highest BCUT2D eigenvalue weighted by atomic mass is 16.8. The highest BCUT2D eigenvalue weighted by molar-refractivity contribution is 5.78. The van der Waals surface area contributed by atoms with E-state index < -0.39 is 66.2 Å². The number of fused-ring (bicyclic) bond motifs is 3. The Balaban J connectivity index is 1.16. The summed E-state index contributed by atoms with van der Waals surface area (Å²) in [5.41, 5.74) is 4.50. The summed E-state index contributed by atoms with van der Waals surface area (Å²) >= 11 is 0. The minimum Gasteiger partial charge on any atom is -0.497 e. The highest BCUT2D eigenvalue weighted by Gasteiger charge is 2.78. The van der Waals surface area contributed by atoms with Crippen LogP contribution in [0.3, 0.4) is 0 Å². The largest absolute Gasteiger partial charge is 0.497 e. The summed E-state index contributed by atoms with van der Waals surface area (Å²) in [5.74, 6) is -1.86. The third-order valence-electron chi connectivity index (χ3n) is 11.0. The van der Waals surface area contributed by atoms with Crippen molar-refractivity contribution in [2.45, 2.75) is 54.3 Å². The van der Waals surface area contributed by atoms with E-state index in [4.69, 9.17) is 53.1 Å². The number of nitrogens with two attached hydrogens (primary N) is 1. The molecule has 3 fully saturated rings. The van der Waals surface area contributed by atoms with Crippen molar-refractivity contribution in [2.24, 2.45) is 5.92 Å². The minimum absolute atomic E-state index is 0.128. The van der Waals surface area contributed by atoms with Crippen molar-refractivity contribution in [1.82, 2.24) is 0 Å². The summed E-state index contributed by atoms with van der Waals surface area (Å²) in [6.45, 7) is 0.395. The van der Waals surface area contributed by atoms with Crippen LogP contribution < -0.4 is 24.7 Å². The Hall–Kier alpha value is -4.93. The number of benzene rings is 4. The Morgan fingerprint density at radius 1 is 0.800 bits per heavy atom. The lowest BCUT2D eigenvalue weighted by molar-refractivity contribution is -0.323. The van der Waals surface area contributed by atoms with Gasteiger partial charge in [-0.15, -0.1) is 0 Å². The van der Waals surface area contributed by atoms with E-state index in [1.807, 2.05) is 42.5 Å². The first-order valence-corrected chi connectivity index (χ1v) is 17.8. The summed E-state index contributed by atoms with van der Waals surface area (Å²) in [7, 11) is 5.68. The lowest BCUT2D eigenvalue weighted by atomic mass is 9.70. The van der Waals surface area contributed by atoms with E-state index in [0.29, 0.717) is 22.6 Å². The maximum atomic E-state index is 13.6. The number of nitrogen functional groups attached to an aromatic ring is 1. The molecule has 0 bridgehead atoms. The fraction of sp³-hybridized carbons (Fsp3) is 0.390. The van der Waals surface area contributed by atoms with Crippen LogP contribution in [0.1, 0.15) is 34.5 Å². The van der Waals surface area contributed by atoms with Crippen LogP contribution in [0, 0.1) is 5.92 Å². The molecule has 290 valence electrons. The second-order valence-electron chi connectivity index (χ2n) is 13.8. The van der Waals surface area contributed by atoms with Gasteiger partial charge in [0.2, 0.25) is 6.29 Å². The van der Waals surface area contributed by atoms with Crippen LogP contribution in [-0.2, 0) is 44.4 Å². The smallest absolute Gasteiger partial charge is 0.312 e. The quantitative estimate of drug-likeness (QED) is 0.157. The van der Waals surface area contributed by atoms with Crippen LogP contribution in [0.2, 0.25) is 0 Å². The van der Waals surface area contributed by atoms with Crippen LogP contribution in [0.4, 0.5) is 5.69 Å². The molecule has 4 N–H and O–H groups in total. The molecule has 1 unspecified atom stereocenters. The number of anilines is 1. The van der Waals surface area contributed by atoms with E-state index in [9.17, 15) is 15.0 Å². The zero-order valence-corrected chi connectivity index (χ0v) is 30.7. The highest BCUT2D eigenvalue weighted by Crippen LogP contribution is 2.70. The van der Waals surface area contributed by atoms with E-state index in [0.717, 1.165) is 5.56 Å². The van der Waals surface area contributed by atoms with Crippen molar-refractivity contribution >= 4 is 11.7 Å². The van der Waals surface area contributed by atoms with Gasteiger partial charge in [-0.2, -0.15) is 0 Å². The van der Waals surface area contributed by atoms with Crippen molar-refractivity contribution < 1.29 is 62.4 Å². The molecular formula is C41H43NO13. The standard InChI is InChI=1S/C41H43NO13/c1-46-26-16-12-24(13-17-26)41-33(22-8-6-5-7-9-22)32(36(44)48-3)35(43)40(41,45)34-28(47-2)18-27(19-29(34)55-41)52-39-38(49-4)51-21-31(54-39)30-20-50-37(53-30)23-10-14-25(42)15-11-23/h5-19,30-33,35,37-39,43,45H,20-21,42H2,1-4H3/t30-,31-,32-,33-,35-,37?,38-,39-,40+,41+/m1/s1. The van der Waals surface area contributed by atoms with E-state index in [1.54, 1.807) is 55.6 Å². The molecular weight excluding hydrogens is 714 g/mol. The van der Waals surface area contributed by atoms with E-state index in [-0.39, 0.29) is 36.0 Å². The number of hydrogen-bond donors (Lipinski definition) is 3. The Labute approximate surface area is 317 Å². The monoisotopic (exact) mass is 757 g/mol. The Bertz CT molecular complexity index is 2000. The predicted octanol–water partition coefficient (Wildman–Crippen LogP) is 3.92. The number of methoxy groups -OCH3 is 4. The van der Waals surface area contributed by atoms with Crippen molar-refractivity contribution in [2.75, 3.05) is 47.4 Å². The molecule has 1 saturated carbocycles. The van der Waals surface area contributed by atoms with Gasteiger partial charge in [-0.25, -0.2) is 0 Å². The van der Waals surface area contributed by atoms with Crippen LogP contribution in [0.15, 0.2) is 91.0 Å². The molecule has 4 aromatic rings. The number of aliphatic hydroxyl groups excluding tert-OH is 1. The van der Waals surface area contributed by atoms with Gasteiger partial charge in [-0.1, -0.05) is 54.6 Å². The lowest BCUT2D eigenvalue weighted by Crippen LogP contribution is -2.52. The first-order chi connectivity index (χ1) is 26.7. The normalized spacial score (nSPS) is 32.3. The number of rotatable bonds is 10. The van der Waals surface area contributed by atoms with Gasteiger partial charge in [0.05, 0.1) is 46.0 Å². The maximum Gasteiger partial charge on any atom is 0.312 e. The fourth-order valence-corrected chi connectivity index (χ4v) is 8.43. The summed E-state index contributed by atoms with van der Waals surface area (Å²) in [6, 6.07) is 26.4. The molecule has 14 nitrogen and oxygen atoms in total. The summed E-state index contributed by atoms with van der Waals surface area (Å²) < 4.78 is 60.1. The van der Waals surface area contributed by atoms with Gasteiger partial charge in [0, 0.05) is 36.4 Å².